The van der Waals surface area contributed by atoms with Crippen LogP contribution < -0.4 is 0 Å². The van der Waals surface area contributed by atoms with Gasteiger partial charge in [-0.3, -0.25) is 4.79 Å². The Labute approximate surface area is 87.3 Å². The van der Waals surface area contributed by atoms with E-state index in [4.69, 9.17) is 4.74 Å². The van der Waals surface area contributed by atoms with E-state index in [0.717, 1.165) is 25.2 Å². The molecule has 0 radical (unpaired) electrons. The second-order valence-electron chi connectivity index (χ2n) is 3.92. The van der Waals surface area contributed by atoms with Gasteiger partial charge < -0.3 is 4.74 Å². The summed E-state index contributed by atoms with van der Waals surface area (Å²) in [7, 11) is 0. The Hall–Kier alpha value is -0.790. The fourth-order valence-electron chi connectivity index (χ4n) is 1.08. The summed E-state index contributed by atoms with van der Waals surface area (Å²) < 4.78 is 4.81. The zero-order chi connectivity index (χ0) is 10.8. The van der Waals surface area contributed by atoms with Gasteiger partial charge in [0.15, 0.2) is 0 Å². The zero-order valence-electron chi connectivity index (χ0n) is 9.58. The molecule has 0 fully saturated rings. The summed E-state index contributed by atoms with van der Waals surface area (Å²) in [4.78, 5) is 10.4. The summed E-state index contributed by atoms with van der Waals surface area (Å²) in [6.07, 6.45) is 8.73. The van der Waals surface area contributed by atoms with Crippen LogP contribution in [-0.4, -0.2) is 12.6 Å². The first kappa shape index (κ1) is 13.2. The number of esters is 1. The minimum atomic E-state index is -0.186. The Morgan fingerprint density at radius 1 is 1.29 bits per heavy atom. The molecule has 0 aromatic heterocycles. The molecule has 0 atom stereocenters. The molecule has 0 aliphatic heterocycles. The van der Waals surface area contributed by atoms with Crippen molar-refractivity contribution >= 4 is 5.97 Å². The summed E-state index contributed by atoms with van der Waals surface area (Å²) in [5.74, 6) is 0.592. The van der Waals surface area contributed by atoms with E-state index in [1.165, 1.54) is 13.3 Å². The third kappa shape index (κ3) is 11.2. The molecule has 0 aliphatic carbocycles. The predicted molar refractivity (Wildman–Crippen MR) is 59.1 cm³/mol. The maximum absolute atomic E-state index is 10.4. The highest BCUT2D eigenvalue weighted by molar-refractivity contribution is 5.65. The van der Waals surface area contributed by atoms with Crippen molar-refractivity contribution in [3.63, 3.8) is 0 Å². The van der Waals surface area contributed by atoms with E-state index in [1.807, 2.05) is 0 Å². The highest BCUT2D eigenvalue weighted by Crippen LogP contribution is 2.04. The fourth-order valence-corrected chi connectivity index (χ4v) is 1.08. The van der Waals surface area contributed by atoms with Crippen LogP contribution in [-0.2, 0) is 9.53 Å². The van der Waals surface area contributed by atoms with Gasteiger partial charge in [-0.05, 0) is 31.6 Å². The van der Waals surface area contributed by atoms with Crippen LogP contribution in [0.25, 0.3) is 0 Å². The van der Waals surface area contributed by atoms with Crippen molar-refractivity contribution in [1.82, 2.24) is 0 Å². The first-order chi connectivity index (χ1) is 6.63. The molecule has 0 aromatic carbocycles. The molecule has 0 rings (SSSR count). The summed E-state index contributed by atoms with van der Waals surface area (Å²) in [5.41, 5.74) is 0. The lowest BCUT2D eigenvalue weighted by Crippen LogP contribution is -1.99. The van der Waals surface area contributed by atoms with Gasteiger partial charge in [0.2, 0.25) is 0 Å². The van der Waals surface area contributed by atoms with Crippen LogP contribution in [0.3, 0.4) is 0 Å². The van der Waals surface area contributed by atoms with Crippen molar-refractivity contribution in [2.75, 3.05) is 6.61 Å². The van der Waals surface area contributed by atoms with Crippen molar-refractivity contribution in [3.8, 4) is 0 Å². The number of allylic oxidation sites excluding steroid dienone is 2. The molecule has 0 unspecified atom stereocenters. The standard InChI is InChI=1S/C12H22O2/c1-11(2)9-7-5-4-6-8-10-14-12(3)13/h4-5,11H,6-10H2,1-3H3/b5-4-. The predicted octanol–water partition coefficient (Wildman–Crippen LogP) is 3.32. The minimum Gasteiger partial charge on any atom is -0.466 e. The molecule has 2 heteroatoms. The summed E-state index contributed by atoms with van der Waals surface area (Å²) in [6, 6.07) is 0. The SMILES string of the molecule is CC(=O)OCCC/C=C\CCC(C)C. The topological polar surface area (TPSA) is 26.3 Å². The third-order valence-corrected chi connectivity index (χ3v) is 1.90. The lowest BCUT2D eigenvalue weighted by Gasteiger charge is -2.00. The van der Waals surface area contributed by atoms with Crippen molar-refractivity contribution < 1.29 is 9.53 Å². The Morgan fingerprint density at radius 2 is 1.93 bits per heavy atom. The maximum Gasteiger partial charge on any atom is 0.302 e. The number of carbonyl (C=O) groups excluding carboxylic acids is 1. The molecule has 82 valence electrons. The number of carbonyl (C=O) groups is 1. The molecule has 0 heterocycles. The summed E-state index contributed by atoms with van der Waals surface area (Å²) in [6.45, 7) is 6.45. The van der Waals surface area contributed by atoms with Gasteiger partial charge in [0.05, 0.1) is 6.61 Å². The van der Waals surface area contributed by atoms with E-state index < -0.39 is 0 Å². The number of rotatable bonds is 7. The van der Waals surface area contributed by atoms with Crippen LogP contribution in [0.15, 0.2) is 12.2 Å². The van der Waals surface area contributed by atoms with Crippen molar-refractivity contribution in [2.45, 2.75) is 46.5 Å². The van der Waals surface area contributed by atoms with Crippen LogP contribution in [0.4, 0.5) is 0 Å². The molecule has 0 aliphatic rings. The molecule has 0 spiro atoms. The Bertz CT molecular complexity index is 171. The van der Waals surface area contributed by atoms with Gasteiger partial charge in [-0.15, -0.1) is 0 Å². The lowest BCUT2D eigenvalue weighted by molar-refractivity contribution is -0.141. The van der Waals surface area contributed by atoms with Crippen molar-refractivity contribution in [2.24, 2.45) is 5.92 Å². The van der Waals surface area contributed by atoms with Gasteiger partial charge in [0.1, 0.15) is 0 Å². The van der Waals surface area contributed by atoms with E-state index in [9.17, 15) is 4.79 Å². The molecule has 0 bridgehead atoms. The molecule has 0 aromatic rings. The molecular weight excluding hydrogens is 176 g/mol. The Balaban J connectivity index is 3.15. The van der Waals surface area contributed by atoms with Gasteiger partial charge in [-0.1, -0.05) is 26.0 Å². The zero-order valence-corrected chi connectivity index (χ0v) is 9.58. The second-order valence-corrected chi connectivity index (χ2v) is 3.92. The van der Waals surface area contributed by atoms with Gasteiger partial charge >= 0.3 is 5.97 Å². The second kappa shape index (κ2) is 8.79. The molecule has 0 amide bonds. The van der Waals surface area contributed by atoms with E-state index in [2.05, 4.69) is 26.0 Å². The normalized spacial score (nSPS) is 11.1. The third-order valence-electron chi connectivity index (χ3n) is 1.90. The Morgan fingerprint density at radius 3 is 2.50 bits per heavy atom. The molecule has 0 N–H and O–H groups in total. The van der Waals surface area contributed by atoms with Crippen LogP contribution in [0.5, 0.6) is 0 Å². The van der Waals surface area contributed by atoms with E-state index >= 15 is 0 Å². The summed E-state index contributed by atoms with van der Waals surface area (Å²) in [5, 5.41) is 0. The van der Waals surface area contributed by atoms with Gasteiger partial charge in [-0.25, -0.2) is 0 Å². The quantitative estimate of drug-likeness (QED) is 0.356. The lowest BCUT2D eigenvalue weighted by atomic mass is 10.1. The van der Waals surface area contributed by atoms with Crippen molar-refractivity contribution in [1.29, 1.82) is 0 Å². The average molecular weight is 198 g/mol. The molecule has 0 saturated heterocycles. The highest BCUT2D eigenvalue weighted by atomic mass is 16.5. The van der Waals surface area contributed by atoms with Gasteiger partial charge in [-0.2, -0.15) is 0 Å². The summed E-state index contributed by atoms with van der Waals surface area (Å²) >= 11 is 0. The number of hydrogen-bond donors (Lipinski definition) is 0. The van der Waals surface area contributed by atoms with Crippen LogP contribution in [0.1, 0.15) is 46.5 Å². The number of hydrogen-bond acceptors (Lipinski definition) is 2. The molecule has 2 nitrogen and oxygen atoms in total. The highest BCUT2D eigenvalue weighted by Gasteiger charge is 1.91. The van der Waals surface area contributed by atoms with E-state index in [0.29, 0.717) is 6.61 Å². The van der Waals surface area contributed by atoms with Gasteiger partial charge in [0.25, 0.3) is 0 Å². The van der Waals surface area contributed by atoms with Crippen LogP contribution >= 0.6 is 0 Å². The van der Waals surface area contributed by atoms with Crippen LogP contribution in [0, 0.1) is 5.92 Å². The van der Waals surface area contributed by atoms with Crippen molar-refractivity contribution in [3.05, 3.63) is 12.2 Å². The minimum absolute atomic E-state index is 0.186. The van der Waals surface area contributed by atoms with E-state index in [1.54, 1.807) is 0 Å². The first-order valence-electron chi connectivity index (χ1n) is 5.41. The van der Waals surface area contributed by atoms with E-state index in [-0.39, 0.29) is 5.97 Å². The number of unbranched alkanes of at least 4 members (excludes halogenated alkanes) is 1. The molecule has 14 heavy (non-hydrogen) atoms. The Kier molecular flexibility index (Phi) is 8.30. The molecular formula is C12H22O2. The molecule has 0 saturated carbocycles. The smallest absolute Gasteiger partial charge is 0.302 e. The largest absolute Gasteiger partial charge is 0.466 e. The fraction of sp³-hybridized carbons (Fsp3) is 0.750. The monoisotopic (exact) mass is 198 g/mol. The van der Waals surface area contributed by atoms with Gasteiger partial charge in [0, 0.05) is 6.92 Å². The maximum atomic E-state index is 10.4. The number of ether oxygens (including phenoxy) is 1. The first-order valence-corrected chi connectivity index (χ1v) is 5.41. The average Bonchev–Trinajstić information content (AvgIpc) is 2.08. The van der Waals surface area contributed by atoms with Crippen LogP contribution in [0.2, 0.25) is 0 Å².